The number of ether oxygens (including phenoxy) is 4. The number of hydrogen-bond donors (Lipinski definition) is 1. The molecule has 0 fully saturated rings. The molecular weight excluding hydrogens is 1300 g/mol. The van der Waals surface area contributed by atoms with Crippen LogP contribution in [-0.4, -0.2) is 87.4 Å². The molecule has 0 amide bonds. The molecule has 105 heavy (non-hydrogen) atoms. The van der Waals surface area contributed by atoms with Crippen molar-refractivity contribution in [3.8, 4) is 0 Å². The molecule has 606 valence electrons. The first kappa shape index (κ1) is 101. The second kappa shape index (κ2) is 85.3. The average molecular weight is 1470 g/mol. The number of allylic oxidation sites excluding steroid dienone is 20. The standard InChI is InChI=1S/C96H169NO8/c1-6-8-10-12-14-16-18-20-22-24-26-28-30-32-34-36-38-40-42-44-46-47-49-50-52-54-56-58-60-62-64-66-68-70-72-74-76-78-80-82-84-86-93(98)103-90-92(91-104-96(95(100)101)102-89-88-97(3,4)5)105-94(99)87-85-83-81-79-77-75-73-71-69-67-65-63-61-59-57-55-53-51-48-45-43-41-39-37-35-33-31-29-27-25-23-21-19-17-15-13-11-9-7-2/h9,11,15,17,21,23,27,29,33,35,39,41,45,48,53,55,59,61,65,67,92,96H,6-8,10,12-14,16,18-20,22,24-26,28,30-32,34,36-38,40,42-44,46-47,49-52,54,56-58,60,62-64,66,68-91H2,1-5H3/p+1/b11-9-,17-15-,23-21-,29-27-,35-33-,41-39-,48-45-,55-53-,61-59-,67-65-. The topological polar surface area (TPSA) is 108 Å². The van der Waals surface area contributed by atoms with Crippen LogP contribution in [0.15, 0.2) is 122 Å². The van der Waals surface area contributed by atoms with E-state index < -0.39 is 24.3 Å². The number of carbonyl (C=O) groups is 3. The van der Waals surface area contributed by atoms with Gasteiger partial charge in [-0.2, -0.15) is 0 Å². The quantitative estimate of drug-likeness (QED) is 0.0211. The number of carboxylic acids is 1. The van der Waals surface area contributed by atoms with Crippen LogP contribution in [0.2, 0.25) is 0 Å². The third-order valence-corrected chi connectivity index (χ3v) is 19.7. The number of aliphatic carboxylic acids is 1. The Balaban J connectivity index is 3.99. The van der Waals surface area contributed by atoms with Gasteiger partial charge in [-0.05, 0) is 89.9 Å². The summed E-state index contributed by atoms with van der Waals surface area (Å²) in [6.07, 6.45) is 120. The molecule has 0 spiro atoms. The maximum absolute atomic E-state index is 13.0. The summed E-state index contributed by atoms with van der Waals surface area (Å²) in [5.41, 5.74) is 0. The van der Waals surface area contributed by atoms with E-state index in [1.54, 1.807) is 0 Å². The largest absolute Gasteiger partial charge is 0.477 e. The lowest BCUT2D eigenvalue weighted by Crippen LogP contribution is -2.40. The van der Waals surface area contributed by atoms with Gasteiger partial charge in [0.1, 0.15) is 13.2 Å². The molecular formula is C96H170NO8+. The number of nitrogens with zero attached hydrogens (tertiary/aromatic N) is 1. The fourth-order valence-electron chi connectivity index (χ4n) is 13.0. The van der Waals surface area contributed by atoms with E-state index in [-0.39, 0.29) is 32.2 Å². The zero-order valence-electron chi connectivity index (χ0n) is 69.6. The van der Waals surface area contributed by atoms with Crippen LogP contribution in [0.5, 0.6) is 0 Å². The van der Waals surface area contributed by atoms with Crippen molar-refractivity contribution in [1.29, 1.82) is 0 Å². The van der Waals surface area contributed by atoms with Gasteiger partial charge >= 0.3 is 17.9 Å². The van der Waals surface area contributed by atoms with Gasteiger partial charge in [-0.15, -0.1) is 0 Å². The van der Waals surface area contributed by atoms with Gasteiger partial charge in [0.15, 0.2) is 6.10 Å². The van der Waals surface area contributed by atoms with E-state index in [9.17, 15) is 19.5 Å². The van der Waals surface area contributed by atoms with E-state index in [4.69, 9.17) is 18.9 Å². The SMILES string of the molecule is CC/C=C\C/C=C\C/C=C\C/C=C\C/C=C\C/C=C\C/C=C\C/C=C\C/C=C\C/C=C\CCCCCCCCCCC(=O)OC(COC(=O)CCCCCCCCCCCCCCCCCCCCCCCCCCCCCCCCCCCCCCCCCCC)COC(OCC[N+](C)(C)C)C(=O)O. The minimum atomic E-state index is -1.52. The lowest BCUT2D eigenvalue weighted by molar-refractivity contribution is -0.870. The van der Waals surface area contributed by atoms with Crippen molar-refractivity contribution >= 4 is 17.9 Å². The first-order chi connectivity index (χ1) is 51.6. The van der Waals surface area contributed by atoms with Crippen LogP contribution >= 0.6 is 0 Å². The molecule has 2 atom stereocenters. The van der Waals surface area contributed by atoms with Crippen molar-refractivity contribution in [2.24, 2.45) is 0 Å². The predicted octanol–water partition coefficient (Wildman–Crippen LogP) is 29.4. The lowest BCUT2D eigenvalue weighted by atomic mass is 10.0. The molecule has 0 heterocycles. The van der Waals surface area contributed by atoms with Crippen LogP contribution < -0.4 is 0 Å². The van der Waals surface area contributed by atoms with Crippen molar-refractivity contribution in [2.45, 2.75) is 424 Å². The number of esters is 2. The van der Waals surface area contributed by atoms with E-state index >= 15 is 0 Å². The monoisotopic (exact) mass is 1470 g/mol. The van der Waals surface area contributed by atoms with Gasteiger partial charge < -0.3 is 28.5 Å². The molecule has 0 bridgehead atoms. The van der Waals surface area contributed by atoms with Crippen molar-refractivity contribution in [3.05, 3.63) is 122 Å². The number of unbranched alkanes of at least 4 members (excludes halogenated alkanes) is 48. The molecule has 0 rings (SSSR count). The van der Waals surface area contributed by atoms with E-state index in [1.807, 2.05) is 21.1 Å². The number of carboxylic acid groups (broad SMARTS) is 1. The summed E-state index contributed by atoms with van der Waals surface area (Å²) in [6.45, 7) is 4.80. The predicted molar refractivity (Wildman–Crippen MR) is 456 cm³/mol. The summed E-state index contributed by atoms with van der Waals surface area (Å²) in [4.78, 5) is 37.8. The zero-order chi connectivity index (χ0) is 76.0. The van der Waals surface area contributed by atoms with Crippen LogP contribution in [0.4, 0.5) is 0 Å². The Morgan fingerprint density at radius 1 is 0.295 bits per heavy atom. The average Bonchev–Trinajstić information content (AvgIpc) is 1.97. The molecule has 0 aliphatic heterocycles. The van der Waals surface area contributed by atoms with Gasteiger partial charge in [0, 0.05) is 12.8 Å². The molecule has 9 heteroatoms. The molecule has 0 radical (unpaired) electrons. The maximum Gasteiger partial charge on any atom is 0.361 e. The van der Waals surface area contributed by atoms with Gasteiger partial charge in [0.25, 0.3) is 6.29 Å². The van der Waals surface area contributed by atoms with Gasteiger partial charge in [-0.3, -0.25) is 9.59 Å². The van der Waals surface area contributed by atoms with Crippen LogP contribution in [0, 0.1) is 0 Å². The van der Waals surface area contributed by atoms with Crippen molar-refractivity contribution in [3.63, 3.8) is 0 Å². The van der Waals surface area contributed by atoms with Crippen LogP contribution in [-0.2, 0) is 33.3 Å². The number of hydrogen-bond acceptors (Lipinski definition) is 7. The molecule has 0 aliphatic rings. The highest BCUT2D eigenvalue weighted by Gasteiger charge is 2.25. The summed E-state index contributed by atoms with van der Waals surface area (Å²) in [5.74, 6) is -2.00. The van der Waals surface area contributed by atoms with E-state index in [0.29, 0.717) is 23.9 Å². The Kier molecular flexibility index (Phi) is 81.8. The van der Waals surface area contributed by atoms with Crippen molar-refractivity contribution in [2.75, 3.05) is 47.5 Å². The molecule has 2 unspecified atom stereocenters. The Labute approximate surface area is 650 Å². The van der Waals surface area contributed by atoms with Crippen molar-refractivity contribution < 1.29 is 42.9 Å². The van der Waals surface area contributed by atoms with E-state index in [2.05, 4.69) is 135 Å². The Bertz CT molecular complexity index is 2160. The van der Waals surface area contributed by atoms with Gasteiger partial charge in [-0.25, -0.2) is 4.79 Å². The first-order valence-corrected chi connectivity index (χ1v) is 44.7. The van der Waals surface area contributed by atoms with Crippen LogP contribution in [0.25, 0.3) is 0 Å². The highest BCUT2D eigenvalue weighted by molar-refractivity contribution is 5.71. The normalized spacial score (nSPS) is 13.2. The number of likely N-dealkylation sites (N-methyl/N-ethyl adjacent to an activating group) is 1. The minimum absolute atomic E-state index is 0.182. The summed E-state index contributed by atoms with van der Waals surface area (Å²) in [5, 5.41) is 9.79. The Hall–Kier alpha value is -4.31. The molecule has 0 aromatic rings. The fourth-order valence-corrected chi connectivity index (χ4v) is 13.0. The number of carbonyl (C=O) groups excluding carboxylic acids is 2. The van der Waals surface area contributed by atoms with Crippen LogP contribution in [0.3, 0.4) is 0 Å². The molecule has 1 N–H and O–H groups in total. The first-order valence-electron chi connectivity index (χ1n) is 44.7. The second-order valence-electron chi connectivity index (χ2n) is 31.2. The molecule has 9 nitrogen and oxygen atoms in total. The van der Waals surface area contributed by atoms with Crippen LogP contribution in [0.1, 0.15) is 412 Å². The summed E-state index contributed by atoms with van der Waals surface area (Å²) in [6, 6.07) is 0. The Morgan fingerprint density at radius 2 is 0.543 bits per heavy atom. The zero-order valence-corrected chi connectivity index (χ0v) is 69.6. The lowest BCUT2D eigenvalue weighted by Gasteiger charge is -2.25. The van der Waals surface area contributed by atoms with Gasteiger partial charge in [0.05, 0.1) is 34.4 Å². The Morgan fingerprint density at radius 3 is 0.810 bits per heavy atom. The summed E-state index contributed by atoms with van der Waals surface area (Å²) in [7, 11) is 5.99. The third-order valence-electron chi connectivity index (χ3n) is 19.7. The molecule has 0 aliphatic carbocycles. The molecule has 0 saturated heterocycles. The fraction of sp³-hybridized carbons (Fsp3) is 0.760. The molecule has 0 saturated carbocycles. The summed E-state index contributed by atoms with van der Waals surface area (Å²) < 4.78 is 23.1. The van der Waals surface area contributed by atoms with Gasteiger partial charge in [-0.1, -0.05) is 431 Å². The van der Waals surface area contributed by atoms with E-state index in [1.165, 1.54) is 270 Å². The van der Waals surface area contributed by atoms with Gasteiger partial charge in [0.2, 0.25) is 0 Å². The second-order valence-corrected chi connectivity index (χ2v) is 31.2. The molecule has 0 aromatic heterocycles. The number of rotatable bonds is 83. The number of quaternary nitrogens is 1. The highest BCUT2D eigenvalue weighted by Crippen LogP contribution is 2.20. The maximum atomic E-state index is 13.0. The third kappa shape index (κ3) is 86.8. The highest BCUT2D eigenvalue weighted by atomic mass is 16.7. The molecule has 0 aromatic carbocycles. The van der Waals surface area contributed by atoms with E-state index in [0.717, 1.165) is 109 Å². The minimum Gasteiger partial charge on any atom is -0.477 e. The smallest absolute Gasteiger partial charge is 0.361 e. The van der Waals surface area contributed by atoms with Crippen molar-refractivity contribution in [1.82, 2.24) is 0 Å². The summed E-state index contributed by atoms with van der Waals surface area (Å²) >= 11 is 0.